The summed E-state index contributed by atoms with van der Waals surface area (Å²) in [7, 11) is 0. The number of carbonyl (C=O) groups excluding carboxylic acids is 2. The maximum absolute atomic E-state index is 12.2. The average Bonchev–Trinajstić information content (AvgIpc) is 3.27. The van der Waals surface area contributed by atoms with Gasteiger partial charge in [-0.25, -0.2) is 15.0 Å². The molecule has 3 rings (SSSR count). The van der Waals surface area contributed by atoms with Gasteiger partial charge in [-0.2, -0.15) is 0 Å². The molecule has 3 heterocycles. The summed E-state index contributed by atoms with van der Waals surface area (Å²) in [4.78, 5) is 46.3. The second-order valence-electron chi connectivity index (χ2n) is 7.06. The van der Waals surface area contributed by atoms with Crippen molar-refractivity contribution in [2.75, 3.05) is 12.3 Å². The maximum Gasteiger partial charge on any atom is 0.303 e. The fourth-order valence-corrected chi connectivity index (χ4v) is 3.14. The van der Waals surface area contributed by atoms with Crippen LogP contribution in [-0.4, -0.2) is 83.5 Å². The van der Waals surface area contributed by atoms with Crippen LogP contribution in [0.3, 0.4) is 0 Å². The number of hydrogen-bond acceptors (Lipinski definition) is 10. The van der Waals surface area contributed by atoms with E-state index in [9.17, 15) is 24.6 Å². The number of carboxylic acid groups (broad SMARTS) is 1. The van der Waals surface area contributed by atoms with Crippen LogP contribution < -0.4 is 16.4 Å². The number of hydrogen-bond donors (Lipinski definition) is 6. The van der Waals surface area contributed by atoms with E-state index in [-0.39, 0.29) is 25.2 Å². The maximum atomic E-state index is 12.2. The SMILES string of the molecule is CC(NC(=O)CCC(=O)O)C(=O)NCC1O[C@@H](n2cnc3c(N)ncnc32)[C@H](O)[C@@H]1O. The number of fused-ring (bicyclic) bond motifs is 1. The molecule has 14 nitrogen and oxygen atoms in total. The summed E-state index contributed by atoms with van der Waals surface area (Å²) in [5, 5.41) is 34.2. The minimum Gasteiger partial charge on any atom is -0.481 e. The molecule has 2 aromatic rings. The van der Waals surface area contributed by atoms with Crippen molar-refractivity contribution in [1.82, 2.24) is 30.2 Å². The molecule has 2 aromatic heterocycles. The Hall–Kier alpha value is -3.36. The summed E-state index contributed by atoms with van der Waals surface area (Å²) in [6.07, 6.45) is -2.63. The normalized spacial score (nSPS) is 24.1. The lowest BCUT2D eigenvalue weighted by Crippen LogP contribution is -2.48. The van der Waals surface area contributed by atoms with E-state index < -0.39 is 48.4 Å². The number of rotatable bonds is 8. The van der Waals surface area contributed by atoms with E-state index in [2.05, 4.69) is 25.6 Å². The topological polar surface area (TPSA) is 215 Å². The van der Waals surface area contributed by atoms with E-state index in [0.717, 1.165) is 0 Å². The van der Waals surface area contributed by atoms with Gasteiger partial charge in [-0.15, -0.1) is 0 Å². The molecule has 31 heavy (non-hydrogen) atoms. The fraction of sp³-hybridized carbons (Fsp3) is 0.529. The molecule has 0 radical (unpaired) electrons. The smallest absolute Gasteiger partial charge is 0.303 e. The monoisotopic (exact) mass is 437 g/mol. The Kier molecular flexibility index (Phi) is 6.62. The van der Waals surface area contributed by atoms with Gasteiger partial charge in [-0.3, -0.25) is 19.0 Å². The molecule has 2 amide bonds. The van der Waals surface area contributed by atoms with E-state index in [1.54, 1.807) is 0 Å². The van der Waals surface area contributed by atoms with Crippen LogP contribution in [0.1, 0.15) is 26.0 Å². The molecule has 7 N–H and O–H groups in total. The van der Waals surface area contributed by atoms with Crippen LogP contribution in [0.15, 0.2) is 12.7 Å². The third-order valence-corrected chi connectivity index (χ3v) is 4.81. The van der Waals surface area contributed by atoms with Crippen LogP contribution in [0.4, 0.5) is 5.82 Å². The molecule has 1 saturated heterocycles. The highest BCUT2D eigenvalue weighted by atomic mass is 16.6. The number of aliphatic carboxylic acids is 1. The average molecular weight is 437 g/mol. The van der Waals surface area contributed by atoms with Gasteiger partial charge in [0, 0.05) is 13.0 Å². The Bertz CT molecular complexity index is 981. The predicted octanol–water partition coefficient (Wildman–Crippen LogP) is -2.49. The highest BCUT2D eigenvalue weighted by Crippen LogP contribution is 2.31. The largest absolute Gasteiger partial charge is 0.481 e. The molecule has 1 fully saturated rings. The van der Waals surface area contributed by atoms with E-state index in [1.165, 1.54) is 24.1 Å². The van der Waals surface area contributed by atoms with Gasteiger partial charge in [0.05, 0.1) is 12.7 Å². The molecule has 2 unspecified atom stereocenters. The molecule has 168 valence electrons. The third kappa shape index (κ3) is 4.87. The molecule has 0 aliphatic carbocycles. The molecule has 14 heteroatoms. The van der Waals surface area contributed by atoms with Crippen LogP contribution in [0.2, 0.25) is 0 Å². The summed E-state index contributed by atoms with van der Waals surface area (Å²) < 4.78 is 7.12. The summed E-state index contributed by atoms with van der Waals surface area (Å²) in [5.74, 6) is -2.11. The first-order chi connectivity index (χ1) is 14.7. The van der Waals surface area contributed by atoms with Crippen LogP contribution in [0.25, 0.3) is 11.2 Å². The number of aromatic nitrogens is 4. The lowest BCUT2D eigenvalue weighted by Gasteiger charge is -2.18. The van der Waals surface area contributed by atoms with E-state index in [4.69, 9.17) is 15.6 Å². The number of nitrogen functional groups attached to an aromatic ring is 1. The Morgan fingerprint density at radius 1 is 1.23 bits per heavy atom. The van der Waals surface area contributed by atoms with Crippen molar-refractivity contribution in [3.63, 3.8) is 0 Å². The number of amides is 2. The van der Waals surface area contributed by atoms with Crippen molar-refractivity contribution in [1.29, 1.82) is 0 Å². The predicted molar refractivity (Wildman–Crippen MR) is 103 cm³/mol. The number of carboxylic acids is 1. The van der Waals surface area contributed by atoms with Crippen molar-refractivity contribution in [2.24, 2.45) is 0 Å². The molecule has 0 saturated carbocycles. The van der Waals surface area contributed by atoms with Gasteiger partial charge in [-0.05, 0) is 6.92 Å². The zero-order chi connectivity index (χ0) is 22.7. The second kappa shape index (κ2) is 9.20. The van der Waals surface area contributed by atoms with Crippen molar-refractivity contribution in [3.8, 4) is 0 Å². The highest BCUT2D eigenvalue weighted by molar-refractivity contribution is 5.88. The second-order valence-corrected chi connectivity index (χ2v) is 7.06. The number of anilines is 1. The number of aliphatic hydroxyl groups excluding tert-OH is 2. The number of imidazole rings is 1. The third-order valence-electron chi connectivity index (χ3n) is 4.81. The first-order valence-electron chi connectivity index (χ1n) is 9.42. The van der Waals surface area contributed by atoms with Crippen molar-refractivity contribution < 1.29 is 34.4 Å². The zero-order valence-electron chi connectivity index (χ0n) is 16.5. The number of aliphatic hydroxyl groups is 2. The van der Waals surface area contributed by atoms with Crippen LogP contribution in [0.5, 0.6) is 0 Å². The van der Waals surface area contributed by atoms with E-state index in [1.807, 2.05) is 0 Å². The first-order valence-corrected chi connectivity index (χ1v) is 9.42. The Labute approximate surface area is 175 Å². The fourth-order valence-electron chi connectivity index (χ4n) is 3.14. The van der Waals surface area contributed by atoms with Gasteiger partial charge in [0.15, 0.2) is 17.7 Å². The first kappa shape index (κ1) is 22.3. The lowest BCUT2D eigenvalue weighted by atomic mass is 10.1. The van der Waals surface area contributed by atoms with Gasteiger partial charge in [0.2, 0.25) is 11.8 Å². The van der Waals surface area contributed by atoms with Gasteiger partial charge in [0.1, 0.15) is 36.2 Å². The Morgan fingerprint density at radius 3 is 2.68 bits per heavy atom. The molecule has 0 spiro atoms. The molecule has 1 aliphatic rings. The van der Waals surface area contributed by atoms with Crippen molar-refractivity contribution in [3.05, 3.63) is 12.7 Å². The lowest BCUT2D eigenvalue weighted by molar-refractivity contribution is -0.139. The molecular formula is C17H23N7O7. The minimum atomic E-state index is -1.33. The Morgan fingerprint density at radius 2 is 1.97 bits per heavy atom. The standard InChI is InChI=1S/C17H23N7O7/c1-7(23-9(25)2-3-10(26)27)16(30)19-4-8-12(28)13(29)17(31-8)24-6-22-11-14(18)20-5-21-15(11)24/h5-8,12-13,17,28-29H,2-4H2,1H3,(H,19,30)(H,23,25)(H,26,27)(H2,18,20,21)/t7?,8?,12-,13-,17-/m1/s1. The summed E-state index contributed by atoms with van der Waals surface area (Å²) in [6, 6.07) is -0.933. The summed E-state index contributed by atoms with van der Waals surface area (Å²) in [5.41, 5.74) is 6.38. The number of nitrogens with two attached hydrogens (primary N) is 1. The van der Waals surface area contributed by atoms with Crippen LogP contribution in [-0.2, 0) is 19.1 Å². The molecule has 5 atom stereocenters. The quantitative estimate of drug-likeness (QED) is 0.254. The molecule has 0 bridgehead atoms. The highest BCUT2D eigenvalue weighted by Gasteiger charge is 2.44. The van der Waals surface area contributed by atoms with E-state index >= 15 is 0 Å². The van der Waals surface area contributed by atoms with E-state index in [0.29, 0.717) is 11.2 Å². The van der Waals surface area contributed by atoms with Gasteiger partial charge >= 0.3 is 5.97 Å². The van der Waals surface area contributed by atoms with Crippen molar-refractivity contribution in [2.45, 2.75) is 50.3 Å². The number of ether oxygens (including phenoxy) is 1. The van der Waals surface area contributed by atoms with Crippen LogP contribution in [0, 0.1) is 0 Å². The number of nitrogens with zero attached hydrogens (tertiary/aromatic N) is 4. The number of carbonyl (C=O) groups is 3. The zero-order valence-corrected chi connectivity index (χ0v) is 16.5. The molecular weight excluding hydrogens is 414 g/mol. The number of nitrogens with one attached hydrogen (secondary N) is 2. The van der Waals surface area contributed by atoms with Crippen LogP contribution >= 0.6 is 0 Å². The summed E-state index contributed by atoms with van der Waals surface area (Å²) >= 11 is 0. The van der Waals surface area contributed by atoms with Gasteiger partial charge in [0.25, 0.3) is 0 Å². The van der Waals surface area contributed by atoms with Gasteiger partial charge in [-0.1, -0.05) is 0 Å². The van der Waals surface area contributed by atoms with Crippen molar-refractivity contribution >= 4 is 34.8 Å². The molecule has 0 aromatic carbocycles. The minimum absolute atomic E-state index is 0.146. The molecule has 1 aliphatic heterocycles. The Balaban J connectivity index is 1.58. The van der Waals surface area contributed by atoms with Gasteiger partial charge < -0.3 is 36.4 Å². The summed E-state index contributed by atoms with van der Waals surface area (Å²) in [6.45, 7) is 1.28.